The zero-order chi connectivity index (χ0) is 25.8. The molecule has 3 aromatic rings. The molecule has 2 aromatic carbocycles. The Morgan fingerprint density at radius 3 is 2.50 bits per heavy atom. The molecular formula is C26H25Cl2N3O4S. The van der Waals surface area contributed by atoms with Crippen molar-refractivity contribution in [3.63, 3.8) is 0 Å². The fraction of sp³-hybridized carbons (Fsp3) is 0.269. The van der Waals surface area contributed by atoms with Gasteiger partial charge in [0, 0.05) is 30.8 Å². The maximum atomic E-state index is 12.9. The lowest BCUT2D eigenvalue weighted by Gasteiger charge is -2.31. The Labute approximate surface area is 222 Å². The number of piperidine rings is 1. The number of thiophene rings is 1. The van der Waals surface area contributed by atoms with Crippen molar-refractivity contribution in [2.75, 3.05) is 18.8 Å². The summed E-state index contributed by atoms with van der Waals surface area (Å²) >= 11 is 14.3. The van der Waals surface area contributed by atoms with E-state index in [0.29, 0.717) is 52.8 Å². The van der Waals surface area contributed by atoms with Crippen molar-refractivity contribution in [3.05, 3.63) is 69.0 Å². The van der Waals surface area contributed by atoms with E-state index in [0.717, 1.165) is 10.1 Å². The van der Waals surface area contributed by atoms with Gasteiger partial charge in [-0.2, -0.15) is 0 Å². The Kier molecular flexibility index (Phi) is 8.18. The molecule has 0 saturated carbocycles. The minimum Gasteiger partial charge on any atom is -0.481 e. The quantitative estimate of drug-likeness (QED) is 0.272. The van der Waals surface area contributed by atoms with Gasteiger partial charge in [-0.1, -0.05) is 35.3 Å². The molecule has 1 atom stereocenters. The number of carbonyl (C=O) groups excluding carboxylic acids is 2. The molecule has 36 heavy (non-hydrogen) atoms. The monoisotopic (exact) mass is 545 g/mol. The number of carboxylic acids is 1. The SMILES string of the molecule is Nc1ccc(C(CC(=O)O)NC(=O)C2CCN(C(=O)C=Cc3cc4ccsc4c(Cl)c3Cl)CC2)cc1. The molecule has 1 fully saturated rings. The molecule has 10 heteroatoms. The summed E-state index contributed by atoms with van der Waals surface area (Å²) in [6, 6.07) is 9.97. The second-order valence-electron chi connectivity index (χ2n) is 8.69. The first-order valence-electron chi connectivity index (χ1n) is 11.4. The maximum Gasteiger partial charge on any atom is 0.305 e. The van der Waals surface area contributed by atoms with Crippen molar-refractivity contribution < 1.29 is 19.5 Å². The molecular weight excluding hydrogens is 521 g/mol. The number of nitrogens with one attached hydrogen (secondary N) is 1. The fourth-order valence-electron chi connectivity index (χ4n) is 4.26. The Bertz CT molecular complexity index is 1310. The average molecular weight is 546 g/mol. The topological polar surface area (TPSA) is 113 Å². The van der Waals surface area contributed by atoms with E-state index in [2.05, 4.69) is 5.32 Å². The lowest BCUT2D eigenvalue weighted by atomic mass is 9.94. The number of nitrogens with two attached hydrogens (primary N) is 1. The minimum absolute atomic E-state index is 0.169. The summed E-state index contributed by atoms with van der Waals surface area (Å²) in [4.78, 5) is 38.7. The largest absolute Gasteiger partial charge is 0.481 e. The van der Waals surface area contributed by atoms with Crippen LogP contribution in [-0.2, 0) is 14.4 Å². The summed E-state index contributed by atoms with van der Waals surface area (Å²) in [7, 11) is 0. The van der Waals surface area contributed by atoms with Crippen LogP contribution >= 0.6 is 34.5 Å². The van der Waals surface area contributed by atoms with Gasteiger partial charge >= 0.3 is 5.97 Å². The van der Waals surface area contributed by atoms with Crippen LogP contribution in [0.4, 0.5) is 5.69 Å². The zero-order valence-corrected chi connectivity index (χ0v) is 21.6. The van der Waals surface area contributed by atoms with Crippen molar-refractivity contribution in [3.8, 4) is 0 Å². The summed E-state index contributed by atoms with van der Waals surface area (Å²) < 4.78 is 0.910. The van der Waals surface area contributed by atoms with Crippen LogP contribution in [0.1, 0.15) is 36.4 Å². The molecule has 1 aliphatic heterocycles. The number of halogens is 2. The molecule has 0 radical (unpaired) electrons. The van der Waals surface area contributed by atoms with Gasteiger partial charge in [0.25, 0.3) is 0 Å². The van der Waals surface area contributed by atoms with E-state index in [1.165, 1.54) is 17.4 Å². The lowest BCUT2D eigenvalue weighted by Crippen LogP contribution is -2.43. The van der Waals surface area contributed by atoms with Crippen LogP contribution in [0.5, 0.6) is 0 Å². The van der Waals surface area contributed by atoms with Gasteiger partial charge in [0.1, 0.15) is 0 Å². The minimum atomic E-state index is -1.01. The molecule has 0 spiro atoms. The van der Waals surface area contributed by atoms with Gasteiger partial charge in [-0.25, -0.2) is 0 Å². The Morgan fingerprint density at radius 2 is 1.83 bits per heavy atom. The highest BCUT2D eigenvalue weighted by Crippen LogP contribution is 2.37. The third kappa shape index (κ3) is 6.00. The second-order valence-corrected chi connectivity index (χ2v) is 10.4. The number of aliphatic carboxylic acids is 1. The standard InChI is InChI=1S/C26H25Cl2N3O4S/c27-23-17(13-18-9-12-36-25(18)24(23)28)3-6-21(32)31-10-7-16(8-11-31)26(35)30-20(14-22(33)34)15-1-4-19(29)5-2-15/h1-6,9,12-13,16,20H,7-8,10-11,14,29H2,(H,30,35)(H,33,34). The summed E-state index contributed by atoms with van der Waals surface area (Å²) in [5.41, 5.74) is 7.62. The number of anilines is 1. The third-order valence-electron chi connectivity index (χ3n) is 6.27. The number of benzene rings is 2. The van der Waals surface area contributed by atoms with E-state index in [1.807, 2.05) is 17.5 Å². The number of hydrogen-bond acceptors (Lipinski definition) is 5. The highest BCUT2D eigenvalue weighted by atomic mass is 35.5. The van der Waals surface area contributed by atoms with Gasteiger partial charge in [-0.15, -0.1) is 11.3 Å². The van der Waals surface area contributed by atoms with Crippen molar-refractivity contribution >= 4 is 74.2 Å². The number of amides is 2. The molecule has 1 saturated heterocycles. The van der Waals surface area contributed by atoms with E-state index < -0.39 is 12.0 Å². The number of carbonyl (C=O) groups is 3. The first-order valence-corrected chi connectivity index (χ1v) is 13.1. The molecule has 188 valence electrons. The van der Waals surface area contributed by atoms with Crippen LogP contribution in [-0.4, -0.2) is 40.9 Å². The number of nitrogen functional groups attached to an aromatic ring is 1. The molecule has 1 aliphatic rings. The summed E-state index contributed by atoms with van der Waals surface area (Å²) in [5, 5.41) is 15.9. The van der Waals surface area contributed by atoms with E-state index in [-0.39, 0.29) is 24.2 Å². The normalized spacial score (nSPS) is 15.3. The van der Waals surface area contributed by atoms with E-state index >= 15 is 0 Å². The van der Waals surface area contributed by atoms with Gasteiger partial charge < -0.3 is 21.1 Å². The zero-order valence-electron chi connectivity index (χ0n) is 19.2. The van der Waals surface area contributed by atoms with Gasteiger partial charge in [0.15, 0.2) is 0 Å². The van der Waals surface area contributed by atoms with Crippen LogP contribution in [0.2, 0.25) is 10.0 Å². The lowest BCUT2D eigenvalue weighted by molar-refractivity contribution is -0.138. The van der Waals surface area contributed by atoms with Gasteiger partial charge in [0.2, 0.25) is 11.8 Å². The van der Waals surface area contributed by atoms with Crippen LogP contribution < -0.4 is 11.1 Å². The van der Waals surface area contributed by atoms with Gasteiger partial charge in [-0.3, -0.25) is 14.4 Å². The molecule has 1 aromatic heterocycles. The predicted molar refractivity (Wildman–Crippen MR) is 144 cm³/mol. The highest BCUT2D eigenvalue weighted by molar-refractivity contribution is 7.18. The van der Waals surface area contributed by atoms with Crippen molar-refractivity contribution in [2.24, 2.45) is 5.92 Å². The number of rotatable bonds is 7. The first-order chi connectivity index (χ1) is 17.2. The third-order valence-corrected chi connectivity index (χ3v) is 8.21. The molecule has 4 rings (SSSR count). The fourth-order valence-corrected chi connectivity index (χ4v) is 5.70. The molecule has 0 bridgehead atoms. The Hall–Kier alpha value is -3.07. The van der Waals surface area contributed by atoms with E-state index in [1.54, 1.807) is 35.2 Å². The first kappa shape index (κ1) is 26.0. The molecule has 2 amide bonds. The van der Waals surface area contributed by atoms with Crippen LogP contribution in [0.15, 0.2) is 47.9 Å². The van der Waals surface area contributed by atoms with E-state index in [4.69, 9.17) is 28.9 Å². The number of fused-ring (bicyclic) bond motifs is 1. The average Bonchev–Trinajstić information content (AvgIpc) is 3.34. The number of carboxylic acid groups (broad SMARTS) is 1. The number of hydrogen-bond donors (Lipinski definition) is 3. The Morgan fingerprint density at radius 1 is 1.14 bits per heavy atom. The Balaban J connectivity index is 1.35. The highest BCUT2D eigenvalue weighted by Gasteiger charge is 2.29. The van der Waals surface area contributed by atoms with Gasteiger partial charge in [-0.05, 0) is 65.1 Å². The number of nitrogens with zero attached hydrogens (tertiary/aromatic N) is 1. The van der Waals surface area contributed by atoms with Crippen LogP contribution in [0, 0.1) is 5.92 Å². The smallest absolute Gasteiger partial charge is 0.305 e. The van der Waals surface area contributed by atoms with Gasteiger partial charge in [0.05, 0.1) is 27.2 Å². The predicted octanol–water partition coefficient (Wildman–Crippen LogP) is 5.37. The summed E-state index contributed by atoms with van der Waals surface area (Å²) in [5.74, 6) is -1.70. The summed E-state index contributed by atoms with van der Waals surface area (Å²) in [6.07, 6.45) is 3.87. The molecule has 2 heterocycles. The van der Waals surface area contributed by atoms with Crippen molar-refractivity contribution in [1.29, 1.82) is 0 Å². The van der Waals surface area contributed by atoms with Crippen molar-refractivity contribution in [2.45, 2.75) is 25.3 Å². The summed E-state index contributed by atoms with van der Waals surface area (Å²) in [6.45, 7) is 0.843. The molecule has 7 nitrogen and oxygen atoms in total. The van der Waals surface area contributed by atoms with E-state index in [9.17, 15) is 19.5 Å². The van der Waals surface area contributed by atoms with Crippen LogP contribution in [0.25, 0.3) is 16.2 Å². The second kappa shape index (κ2) is 11.3. The molecule has 1 unspecified atom stereocenters. The van der Waals surface area contributed by atoms with Crippen LogP contribution in [0.3, 0.4) is 0 Å². The van der Waals surface area contributed by atoms with Crippen molar-refractivity contribution in [1.82, 2.24) is 10.2 Å². The maximum absolute atomic E-state index is 12.9. The number of likely N-dealkylation sites (tertiary alicyclic amines) is 1. The molecule has 0 aliphatic carbocycles. The molecule has 4 N–H and O–H groups in total.